The average Bonchev–Trinajstić information content (AvgIpc) is 3.43. The van der Waals surface area contributed by atoms with Crippen molar-refractivity contribution in [2.75, 3.05) is 33.4 Å². The molecule has 3 aromatic rings. The number of hydrogen-bond acceptors (Lipinski definition) is 3. The molecule has 6 heteroatoms. The highest BCUT2D eigenvalue weighted by Gasteiger charge is 2.22. The normalized spacial score (nSPS) is 11.2. The molecule has 0 aliphatic rings. The summed E-state index contributed by atoms with van der Waals surface area (Å²) in [6, 6.07) is 16.6. The van der Waals surface area contributed by atoms with Gasteiger partial charge < -0.3 is 19.5 Å². The first-order chi connectivity index (χ1) is 21.0. The first-order valence-electron chi connectivity index (χ1n) is 16.7. The summed E-state index contributed by atoms with van der Waals surface area (Å²) in [6.45, 7) is 6.36. The molecule has 0 aliphatic heterocycles. The number of unbranched alkanes of at least 4 members (excludes halogenated alkanes) is 10. The number of benzene rings is 2. The molecule has 1 aromatic heterocycles. The molecule has 0 radical (unpaired) electrons. The second-order valence-electron chi connectivity index (χ2n) is 12.0. The molecule has 0 aliphatic carbocycles. The van der Waals surface area contributed by atoms with Crippen molar-refractivity contribution in [1.82, 2.24) is 14.8 Å². The van der Waals surface area contributed by atoms with E-state index in [1.165, 1.54) is 74.3 Å². The van der Waals surface area contributed by atoms with Gasteiger partial charge in [-0.05, 0) is 37.0 Å². The van der Waals surface area contributed by atoms with Crippen LogP contribution in [0.15, 0.2) is 54.7 Å². The van der Waals surface area contributed by atoms with Crippen LogP contribution >= 0.6 is 0 Å². The van der Waals surface area contributed by atoms with E-state index < -0.39 is 0 Å². The van der Waals surface area contributed by atoms with Crippen molar-refractivity contribution in [3.8, 4) is 0 Å². The van der Waals surface area contributed by atoms with Crippen LogP contribution in [0.1, 0.15) is 101 Å². The SMILES string of the molecule is CCCCCCCCCCCCCC(=O)N(CCOC)CC(=O)N(CCc1c[nH]c2ccccc12)Cc1ccc(C)cc1. The Labute approximate surface area is 260 Å². The van der Waals surface area contributed by atoms with Crippen LogP contribution in [-0.2, 0) is 27.3 Å². The summed E-state index contributed by atoms with van der Waals surface area (Å²) in [5.74, 6) is 0.0250. The third kappa shape index (κ3) is 12.6. The zero-order chi connectivity index (χ0) is 30.7. The Morgan fingerprint density at radius 1 is 0.767 bits per heavy atom. The van der Waals surface area contributed by atoms with E-state index >= 15 is 0 Å². The van der Waals surface area contributed by atoms with Gasteiger partial charge in [0.05, 0.1) is 13.2 Å². The predicted molar refractivity (Wildman–Crippen MR) is 178 cm³/mol. The number of carbonyl (C=O) groups excluding carboxylic acids is 2. The minimum absolute atomic E-state index is 0.0243. The molecule has 0 saturated heterocycles. The summed E-state index contributed by atoms with van der Waals surface area (Å²) in [5.41, 5.74) is 4.58. The molecule has 43 heavy (non-hydrogen) atoms. The molecule has 3 rings (SSSR count). The van der Waals surface area contributed by atoms with Crippen molar-refractivity contribution in [2.45, 2.75) is 104 Å². The van der Waals surface area contributed by atoms with Crippen molar-refractivity contribution in [2.24, 2.45) is 0 Å². The summed E-state index contributed by atoms with van der Waals surface area (Å²) in [5, 5.41) is 1.19. The monoisotopic (exact) mass is 589 g/mol. The lowest BCUT2D eigenvalue weighted by atomic mass is 10.1. The maximum absolute atomic E-state index is 13.8. The van der Waals surface area contributed by atoms with Crippen molar-refractivity contribution in [1.29, 1.82) is 0 Å². The van der Waals surface area contributed by atoms with E-state index in [0.29, 0.717) is 32.7 Å². The molecular weight excluding hydrogens is 534 g/mol. The number of fused-ring (bicyclic) bond motifs is 1. The lowest BCUT2D eigenvalue weighted by Crippen LogP contribution is -2.44. The van der Waals surface area contributed by atoms with Gasteiger partial charge >= 0.3 is 0 Å². The topological polar surface area (TPSA) is 65.6 Å². The number of H-pyrrole nitrogens is 1. The zero-order valence-corrected chi connectivity index (χ0v) is 27.0. The van der Waals surface area contributed by atoms with E-state index in [1.54, 1.807) is 12.0 Å². The number of nitrogens with one attached hydrogen (secondary N) is 1. The average molecular weight is 590 g/mol. The largest absolute Gasteiger partial charge is 0.383 e. The highest BCUT2D eigenvalue weighted by molar-refractivity contribution is 5.85. The number of carbonyl (C=O) groups is 2. The van der Waals surface area contributed by atoms with E-state index in [1.807, 2.05) is 23.2 Å². The van der Waals surface area contributed by atoms with Gasteiger partial charge in [-0.25, -0.2) is 0 Å². The van der Waals surface area contributed by atoms with E-state index in [-0.39, 0.29) is 18.4 Å². The molecule has 1 N–H and O–H groups in total. The standard InChI is InChI=1S/C37H55N3O3/c1-4-5-6-7-8-9-10-11-12-13-14-19-36(41)40(26-27-43-3)30-37(42)39(29-32-22-20-31(2)21-23-32)25-24-33-28-38-35-18-16-15-17-34(33)35/h15-18,20-23,28,38H,4-14,19,24-27,29-30H2,1-3H3. The first kappa shape index (κ1) is 34.4. The van der Waals surface area contributed by atoms with Crippen molar-refractivity contribution in [3.63, 3.8) is 0 Å². The molecule has 236 valence electrons. The van der Waals surface area contributed by atoms with Gasteiger partial charge in [0.2, 0.25) is 11.8 Å². The first-order valence-corrected chi connectivity index (χ1v) is 16.7. The van der Waals surface area contributed by atoms with Crippen LogP contribution in [-0.4, -0.2) is 59.9 Å². The van der Waals surface area contributed by atoms with Gasteiger partial charge in [-0.3, -0.25) is 9.59 Å². The minimum Gasteiger partial charge on any atom is -0.383 e. The van der Waals surface area contributed by atoms with E-state index in [2.05, 4.69) is 55.2 Å². The lowest BCUT2D eigenvalue weighted by Gasteiger charge is -2.28. The fourth-order valence-corrected chi connectivity index (χ4v) is 5.65. The molecule has 0 atom stereocenters. The highest BCUT2D eigenvalue weighted by Crippen LogP contribution is 2.19. The van der Waals surface area contributed by atoms with Crippen LogP contribution in [0, 0.1) is 6.92 Å². The molecule has 0 unspecified atom stereocenters. The number of para-hydroxylation sites is 1. The molecular formula is C37H55N3O3. The number of rotatable bonds is 22. The summed E-state index contributed by atoms with van der Waals surface area (Å²) >= 11 is 0. The Balaban J connectivity index is 1.53. The summed E-state index contributed by atoms with van der Waals surface area (Å²) in [7, 11) is 1.64. The van der Waals surface area contributed by atoms with Gasteiger partial charge in [-0.2, -0.15) is 0 Å². The molecule has 0 spiro atoms. The lowest BCUT2D eigenvalue weighted by molar-refractivity contribution is -0.141. The van der Waals surface area contributed by atoms with Gasteiger partial charge in [0, 0.05) is 50.3 Å². The summed E-state index contributed by atoms with van der Waals surface area (Å²) < 4.78 is 5.30. The number of methoxy groups -OCH3 is 1. The van der Waals surface area contributed by atoms with Crippen LogP contribution in [0.4, 0.5) is 0 Å². The second-order valence-corrected chi connectivity index (χ2v) is 12.0. The van der Waals surface area contributed by atoms with Crippen LogP contribution in [0.25, 0.3) is 10.9 Å². The van der Waals surface area contributed by atoms with Crippen molar-refractivity contribution >= 4 is 22.7 Å². The highest BCUT2D eigenvalue weighted by atomic mass is 16.5. The Kier molecular flexibility index (Phi) is 15.9. The Bertz CT molecular complexity index is 1200. The van der Waals surface area contributed by atoms with Crippen LogP contribution in [0.2, 0.25) is 0 Å². The number of ether oxygens (including phenoxy) is 1. The Morgan fingerprint density at radius 2 is 1.42 bits per heavy atom. The van der Waals surface area contributed by atoms with E-state index in [9.17, 15) is 9.59 Å². The Morgan fingerprint density at radius 3 is 2.09 bits per heavy atom. The van der Waals surface area contributed by atoms with E-state index in [4.69, 9.17) is 4.74 Å². The molecule has 0 fully saturated rings. The van der Waals surface area contributed by atoms with Gasteiger partial charge in [-0.1, -0.05) is 119 Å². The number of amides is 2. The molecule has 1 heterocycles. The number of nitrogens with zero attached hydrogens (tertiary/aromatic N) is 2. The third-order valence-electron chi connectivity index (χ3n) is 8.41. The molecule has 6 nitrogen and oxygen atoms in total. The maximum atomic E-state index is 13.8. The predicted octanol–water partition coefficient (Wildman–Crippen LogP) is 8.22. The minimum atomic E-state index is -0.0243. The maximum Gasteiger partial charge on any atom is 0.242 e. The summed E-state index contributed by atoms with van der Waals surface area (Å²) in [4.78, 5) is 34.0. The van der Waals surface area contributed by atoms with Gasteiger partial charge in [0.15, 0.2) is 0 Å². The van der Waals surface area contributed by atoms with Gasteiger partial charge in [-0.15, -0.1) is 0 Å². The van der Waals surface area contributed by atoms with Gasteiger partial charge in [0.25, 0.3) is 0 Å². The fourth-order valence-electron chi connectivity index (χ4n) is 5.65. The zero-order valence-electron chi connectivity index (χ0n) is 27.0. The van der Waals surface area contributed by atoms with Crippen molar-refractivity contribution in [3.05, 3.63) is 71.4 Å². The number of aromatic nitrogens is 1. The summed E-state index contributed by atoms with van der Waals surface area (Å²) in [6.07, 6.45) is 17.0. The number of aromatic amines is 1. The fraction of sp³-hybridized carbons (Fsp3) is 0.568. The number of aryl methyl sites for hydroxylation is 1. The van der Waals surface area contributed by atoms with Crippen LogP contribution in [0.5, 0.6) is 0 Å². The van der Waals surface area contributed by atoms with Gasteiger partial charge in [0.1, 0.15) is 0 Å². The van der Waals surface area contributed by atoms with Crippen LogP contribution in [0.3, 0.4) is 0 Å². The smallest absolute Gasteiger partial charge is 0.242 e. The van der Waals surface area contributed by atoms with Crippen LogP contribution < -0.4 is 0 Å². The second kappa shape index (κ2) is 20.0. The molecule has 2 amide bonds. The third-order valence-corrected chi connectivity index (χ3v) is 8.41. The van der Waals surface area contributed by atoms with Crippen molar-refractivity contribution < 1.29 is 14.3 Å². The molecule has 0 bridgehead atoms. The Hall–Kier alpha value is -3.12. The molecule has 0 saturated carbocycles. The number of hydrogen-bond donors (Lipinski definition) is 1. The quantitative estimate of drug-likeness (QED) is 0.120. The van der Waals surface area contributed by atoms with E-state index in [0.717, 1.165) is 30.3 Å². The molecule has 2 aromatic carbocycles.